The van der Waals surface area contributed by atoms with Gasteiger partial charge >= 0.3 is 0 Å². The molecule has 0 unspecified atom stereocenters. The lowest BCUT2D eigenvalue weighted by atomic mass is 10.1. The van der Waals surface area contributed by atoms with Gasteiger partial charge < -0.3 is 19.5 Å². The van der Waals surface area contributed by atoms with Gasteiger partial charge in [-0.1, -0.05) is 30.3 Å². The van der Waals surface area contributed by atoms with E-state index in [1.54, 1.807) is 49.6 Å². The van der Waals surface area contributed by atoms with Crippen LogP contribution in [0.4, 0.5) is 5.69 Å². The third-order valence-electron chi connectivity index (χ3n) is 5.32. The largest absolute Gasteiger partial charge is 0.497 e. The van der Waals surface area contributed by atoms with Crippen molar-refractivity contribution in [3.63, 3.8) is 0 Å². The molecule has 1 aliphatic heterocycles. The van der Waals surface area contributed by atoms with E-state index in [-0.39, 0.29) is 24.6 Å². The topological polar surface area (TPSA) is 94.2 Å². The number of carbonyl (C=O) groups is 1. The van der Waals surface area contributed by atoms with E-state index in [2.05, 4.69) is 5.32 Å². The lowest BCUT2D eigenvalue weighted by molar-refractivity contribution is -0.127. The molecule has 0 aromatic heterocycles. The van der Waals surface area contributed by atoms with E-state index in [4.69, 9.17) is 14.2 Å². The highest BCUT2D eigenvalue weighted by Crippen LogP contribution is 2.37. The fraction of sp³-hybridized carbons (Fsp3) is 0.240. The first-order valence-corrected chi connectivity index (χ1v) is 12.2. The van der Waals surface area contributed by atoms with Crippen LogP contribution in [0.15, 0.2) is 77.7 Å². The molecule has 3 aromatic carbocycles. The standard InChI is InChI=1S/C25H26N2O6S/c1-18-11-12-23-22(15-18)27(34(29,30)21-9-4-3-5-10-21)17-24(33-23)25(28)26-13-14-32-20-8-6-7-19(16-20)31-2/h3-12,15-16,24H,13-14,17H2,1-2H3,(H,26,28)/t24-/m0/s1. The molecule has 1 amide bonds. The number of hydrogen-bond acceptors (Lipinski definition) is 6. The number of rotatable bonds is 8. The monoisotopic (exact) mass is 482 g/mol. The number of hydrogen-bond donors (Lipinski definition) is 1. The highest BCUT2D eigenvalue weighted by Gasteiger charge is 2.37. The number of ether oxygens (including phenoxy) is 3. The number of aryl methyl sites for hydroxylation is 1. The van der Waals surface area contributed by atoms with Crippen LogP contribution < -0.4 is 23.8 Å². The zero-order valence-corrected chi connectivity index (χ0v) is 19.7. The van der Waals surface area contributed by atoms with Crippen LogP contribution in [0.25, 0.3) is 0 Å². The summed E-state index contributed by atoms with van der Waals surface area (Å²) in [7, 11) is -2.32. The van der Waals surface area contributed by atoms with Crippen LogP contribution in [0.5, 0.6) is 17.2 Å². The highest BCUT2D eigenvalue weighted by molar-refractivity contribution is 7.92. The van der Waals surface area contributed by atoms with E-state index < -0.39 is 22.0 Å². The Balaban J connectivity index is 1.46. The Kier molecular flexibility index (Phi) is 6.93. The molecule has 34 heavy (non-hydrogen) atoms. The molecule has 0 bridgehead atoms. The fourth-order valence-electron chi connectivity index (χ4n) is 3.59. The maximum absolute atomic E-state index is 13.4. The molecule has 0 fully saturated rings. The quantitative estimate of drug-likeness (QED) is 0.496. The van der Waals surface area contributed by atoms with E-state index in [0.29, 0.717) is 22.9 Å². The summed E-state index contributed by atoms with van der Waals surface area (Å²) in [6, 6.07) is 20.5. The number of sulfonamides is 1. The van der Waals surface area contributed by atoms with Gasteiger partial charge in [0.1, 0.15) is 23.9 Å². The fourth-order valence-corrected chi connectivity index (χ4v) is 5.08. The molecule has 1 aliphatic rings. The summed E-state index contributed by atoms with van der Waals surface area (Å²) in [6.07, 6.45) is -1.01. The van der Waals surface area contributed by atoms with Gasteiger partial charge in [-0.2, -0.15) is 0 Å². The zero-order valence-electron chi connectivity index (χ0n) is 18.9. The van der Waals surface area contributed by atoms with E-state index in [1.165, 1.54) is 16.4 Å². The first-order chi connectivity index (χ1) is 16.4. The Morgan fingerprint density at radius 3 is 2.59 bits per heavy atom. The zero-order chi connectivity index (χ0) is 24.1. The van der Waals surface area contributed by atoms with E-state index in [9.17, 15) is 13.2 Å². The molecule has 0 radical (unpaired) electrons. The third-order valence-corrected chi connectivity index (χ3v) is 7.11. The summed E-state index contributed by atoms with van der Waals surface area (Å²) in [5.74, 6) is 1.20. The summed E-state index contributed by atoms with van der Waals surface area (Å²) >= 11 is 0. The van der Waals surface area contributed by atoms with Crippen LogP contribution in [0, 0.1) is 6.92 Å². The van der Waals surface area contributed by atoms with Crippen molar-refractivity contribution in [2.75, 3.05) is 31.1 Å². The second-order valence-electron chi connectivity index (χ2n) is 7.75. The Bertz CT molecular complexity index is 1260. The van der Waals surface area contributed by atoms with Crippen LogP contribution in [0.3, 0.4) is 0 Å². The molecule has 4 rings (SSSR count). The summed E-state index contributed by atoms with van der Waals surface area (Å²) < 4.78 is 44.7. The van der Waals surface area contributed by atoms with Crippen molar-refractivity contribution in [3.05, 3.63) is 78.4 Å². The van der Waals surface area contributed by atoms with Crippen molar-refractivity contribution in [3.8, 4) is 17.2 Å². The van der Waals surface area contributed by atoms with E-state index >= 15 is 0 Å². The molecule has 8 nitrogen and oxygen atoms in total. The molecule has 0 saturated heterocycles. The van der Waals surface area contributed by atoms with Gasteiger partial charge in [0.05, 0.1) is 30.8 Å². The Hall–Kier alpha value is -3.72. The SMILES string of the molecule is COc1cccc(OCCNC(=O)[C@@H]2CN(S(=O)(=O)c3ccccc3)c3cc(C)ccc3O2)c1. The highest BCUT2D eigenvalue weighted by atomic mass is 32.2. The first kappa shape index (κ1) is 23.4. The van der Waals surface area contributed by atoms with Gasteiger partial charge in [-0.05, 0) is 48.9 Å². The number of amides is 1. The molecular weight excluding hydrogens is 456 g/mol. The predicted octanol–water partition coefficient (Wildman–Crippen LogP) is 3.16. The van der Waals surface area contributed by atoms with Crippen molar-refractivity contribution in [1.82, 2.24) is 5.32 Å². The smallest absolute Gasteiger partial charge is 0.264 e. The van der Waals surface area contributed by atoms with Gasteiger partial charge in [-0.15, -0.1) is 0 Å². The average Bonchev–Trinajstić information content (AvgIpc) is 2.86. The predicted molar refractivity (Wildman–Crippen MR) is 128 cm³/mol. The molecule has 0 spiro atoms. The molecule has 1 atom stereocenters. The number of nitrogens with one attached hydrogen (secondary N) is 1. The number of methoxy groups -OCH3 is 1. The molecular formula is C25H26N2O6S. The van der Waals surface area contributed by atoms with Gasteiger partial charge in [-0.3, -0.25) is 9.10 Å². The minimum Gasteiger partial charge on any atom is -0.497 e. The Morgan fingerprint density at radius 1 is 1.06 bits per heavy atom. The lowest BCUT2D eigenvalue weighted by Gasteiger charge is -2.35. The average molecular weight is 483 g/mol. The van der Waals surface area contributed by atoms with E-state index in [0.717, 1.165) is 5.56 Å². The van der Waals surface area contributed by atoms with Gasteiger partial charge in [-0.25, -0.2) is 8.42 Å². The Labute approximate surface area is 199 Å². The van der Waals surface area contributed by atoms with Crippen LogP contribution in [-0.4, -0.2) is 47.2 Å². The summed E-state index contributed by atoms with van der Waals surface area (Å²) in [5, 5.41) is 2.76. The van der Waals surface area contributed by atoms with Gasteiger partial charge in [0, 0.05) is 6.07 Å². The molecule has 9 heteroatoms. The molecule has 0 saturated carbocycles. The second kappa shape index (κ2) is 10.0. The number of anilines is 1. The first-order valence-electron chi connectivity index (χ1n) is 10.8. The van der Waals surface area contributed by atoms with Gasteiger partial charge in [0.2, 0.25) is 0 Å². The maximum atomic E-state index is 13.4. The molecule has 1 heterocycles. The second-order valence-corrected chi connectivity index (χ2v) is 9.61. The van der Waals surface area contributed by atoms with Crippen LogP contribution in [-0.2, 0) is 14.8 Å². The normalized spacial score (nSPS) is 15.1. The number of nitrogens with zero attached hydrogens (tertiary/aromatic N) is 1. The third kappa shape index (κ3) is 5.09. The van der Waals surface area contributed by atoms with Gasteiger partial charge in [0.15, 0.2) is 6.10 Å². The summed E-state index contributed by atoms with van der Waals surface area (Å²) in [6.45, 7) is 2.18. The minimum absolute atomic E-state index is 0.143. The van der Waals surface area contributed by atoms with Gasteiger partial charge in [0.25, 0.3) is 15.9 Å². The Morgan fingerprint density at radius 2 is 1.82 bits per heavy atom. The molecule has 1 N–H and O–H groups in total. The van der Waals surface area contributed by atoms with Crippen LogP contribution in [0.2, 0.25) is 0 Å². The summed E-state index contributed by atoms with van der Waals surface area (Å²) in [4.78, 5) is 13.0. The molecule has 3 aromatic rings. The summed E-state index contributed by atoms with van der Waals surface area (Å²) in [5.41, 5.74) is 1.29. The van der Waals surface area contributed by atoms with Crippen molar-refractivity contribution >= 4 is 21.6 Å². The minimum atomic E-state index is -3.89. The van der Waals surface area contributed by atoms with Crippen molar-refractivity contribution in [2.24, 2.45) is 0 Å². The molecule has 178 valence electrons. The van der Waals surface area contributed by atoms with Crippen molar-refractivity contribution < 1.29 is 27.4 Å². The maximum Gasteiger partial charge on any atom is 0.264 e. The number of fused-ring (bicyclic) bond motifs is 1. The number of benzene rings is 3. The van der Waals surface area contributed by atoms with E-state index in [1.807, 2.05) is 25.1 Å². The lowest BCUT2D eigenvalue weighted by Crippen LogP contribution is -2.51. The molecule has 0 aliphatic carbocycles. The van der Waals surface area contributed by atoms with Crippen LogP contribution in [0.1, 0.15) is 5.56 Å². The number of carbonyl (C=O) groups excluding carboxylic acids is 1. The van der Waals surface area contributed by atoms with Crippen molar-refractivity contribution in [1.29, 1.82) is 0 Å². The van der Waals surface area contributed by atoms with Crippen LogP contribution >= 0.6 is 0 Å². The van der Waals surface area contributed by atoms with Crippen molar-refractivity contribution in [2.45, 2.75) is 17.9 Å².